The van der Waals surface area contributed by atoms with E-state index in [2.05, 4.69) is 0 Å². The highest BCUT2D eigenvalue weighted by molar-refractivity contribution is 7.89. The van der Waals surface area contributed by atoms with E-state index in [-0.39, 0.29) is 11.5 Å². The Morgan fingerprint density at radius 1 is 1.13 bits per heavy atom. The van der Waals surface area contributed by atoms with Crippen LogP contribution in [0.2, 0.25) is 0 Å². The van der Waals surface area contributed by atoms with E-state index in [9.17, 15) is 26.4 Å². The number of benzene rings is 2. The topological polar surface area (TPSA) is 63.7 Å². The van der Waals surface area contributed by atoms with Crippen LogP contribution in [0.4, 0.5) is 13.2 Å². The van der Waals surface area contributed by atoms with Crippen molar-refractivity contribution in [1.29, 1.82) is 0 Å². The fourth-order valence-electron chi connectivity index (χ4n) is 3.42. The standard InChI is InChI=1S/C21H20F3NO4S/c1-25-10-18(15-5-3-4-6-16(15)19(25)11-26)17-9-14(12-30(2,27)28)7-8-20(17)29-13-21(22,23)24/h3-11,19H,12-13H2,1-2H3. The Hall–Kier alpha value is -2.81. The molecule has 0 fully saturated rings. The molecule has 1 aliphatic rings. The van der Waals surface area contributed by atoms with Crippen LogP contribution < -0.4 is 4.74 Å². The zero-order valence-corrected chi connectivity index (χ0v) is 17.1. The van der Waals surface area contributed by atoms with E-state index in [1.165, 1.54) is 18.2 Å². The van der Waals surface area contributed by atoms with Crippen LogP contribution in [-0.4, -0.2) is 45.7 Å². The summed E-state index contributed by atoms with van der Waals surface area (Å²) in [6, 6.07) is 10.8. The second-order valence-corrected chi connectivity index (χ2v) is 9.32. The summed E-state index contributed by atoms with van der Waals surface area (Å²) in [5.74, 6) is -0.287. The van der Waals surface area contributed by atoms with Crippen LogP contribution in [0, 0.1) is 0 Å². The maximum Gasteiger partial charge on any atom is 0.422 e. The number of halogens is 3. The zero-order valence-electron chi connectivity index (χ0n) is 16.3. The molecule has 160 valence electrons. The highest BCUT2D eigenvalue weighted by atomic mass is 32.2. The van der Waals surface area contributed by atoms with Gasteiger partial charge < -0.3 is 14.4 Å². The van der Waals surface area contributed by atoms with E-state index in [0.717, 1.165) is 12.5 Å². The Bertz CT molecular complexity index is 1090. The first-order valence-electron chi connectivity index (χ1n) is 8.97. The van der Waals surface area contributed by atoms with Crippen molar-refractivity contribution in [1.82, 2.24) is 4.90 Å². The molecule has 9 heteroatoms. The zero-order chi connectivity index (χ0) is 22.1. The van der Waals surface area contributed by atoms with Gasteiger partial charge in [0, 0.05) is 30.6 Å². The van der Waals surface area contributed by atoms with E-state index < -0.39 is 28.7 Å². The smallest absolute Gasteiger partial charge is 0.422 e. The lowest BCUT2D eigenvalue weighted by Gasteiger charge is -2.32. The van der Waals surface area contributed by atoms with Crippen molar-refractivity contribution < 1.29 is 31.1 Å². The van der Waals surface area contributed by atoms with Crippen LogP contribution >= 0.6 is 0 Å². The maximum absolute atomic E-state index is 12.7. The van der Waals surface area contributed by atoms with E-state index in [4.69, 9.17) is 4.74 Å². The molecule has 0 amide bonds. The van der Waals surface area contributed by atoms with Gasteiger partial charge in [-0.25, -0.2) is 8.42 Å². The lowest BCUT2D eigenvalue weighted by molar-refractivity contribution is -0.153. The third kappa shape index (κ3) is 5.02. The molecule has 0 aliphatic carbocycles. The predicted molar refractivity (Wildman–Crippen MR) is 107 cm³/mol. The maximum atomic E-state index is 12.7. The second-order valence-electron chi connectivity index (χ2n) is 7.18. The van der Waals surface area contributed by atoms with Gasteiger partial charge in [0.25, 0.3) is 0 Å². The first kappa shape index (κ1) is 21.9. The second kappa shape index (κ2) is 8.14. The largest absolute Gasteiger partial charge is 0.483 e. The predicted octanol–water partition coefficient (Wildman–Crippen LogP) is 3.75. The average molecular weight is 439 g/mol. The average Bonchev–Trinajstić information content (AvgIpc) is 2.64. The molecule has 0 bridgehead atoms. The Balaban J connectivity index is 2.16. The summed E-state index contributed by atoms with van der Waals surface area (Å²) >= 11 is 0. The van der Waals surface area contributed by atoms with E-state index in [0.29, 0.717) is 27.8 Å². The van der Waals surface area contributed by atoms with Crippen molar-refractivity contribution in [3.05, 3.63) is 70.9 Å². The highest BCUT2D eigenvalue weighted by Crippen LogP contribution is 2.40. The minimum absolute atomic E-state index is 0.0245. The molecule has 3 rings (SSSR count). The number of alkyl halides is 3. The molecular formula is C21H20F3NO4S. The summed E-state index contributed by atoms with van der Waals surface area (Å²) in [7, 11) is -1.67. The van der Waals surface area contributed by atoms with Gasteiger partial charge in [-0.1, -0.05) is 30.3 Å². The summed E-state index contributed by atoms with van der Waals surface area (Å²) in [5, 5.41) is 0. The molecule has 1 atom stereocenters. The van der Waals surface area contributed by atoms with Crippen LogP contribution in [0.5, 0.6) is 5.75 Å². The quantitative estimate of drug-likeness (QED) is 0.642. The molecule has 1 heterocycles. The monoisotopic (exact) mass is 439 g/mol. The number of hydrogen-bond donors (Lipinski definition) is 0. The van der Waals surface area contributed by atoms with Crippen molar-refractivity contribution in [3.63, 3.8) is 0 Å². The molecule has 2 aromatic rings. The Kier molecular flexibility index (Phi) is 5.94. The molecule has 0 spiro atoms. The Labute approximate surface area is 172 Å². The Morgan fingerprint density at radius 2 is 1.83 bits per heavy atom. The van der Waals surface area contributed by atoms with Crippen molar-refractivity contribution in [2.45, 2.75) is 18.0 Å². The molecule has 0 aromatic heterocycles. The fourth-order valence-corrected chi connectivity index (χ4v) is 4.21. The molecule has 30 heavy (non-hydrogen) atoms. The molecule has 0 saturated carbocycles. The van der Waals surface area contributed by atoms with E-state index in [1.807, 2.05) is 0 Å². The van der Waals surface area contributed by atoms with Crippen LogP contribution in [-0.2, 0) is 20.4 Å². The molecule has 0 radical (unpaired) electrons. The number of likely N-dealkylation sites (N-methyl/N-ethyl adjacent to an activating group) is 1. The highest BCUT2D eigenvalue weighted by Gasteiger charge is 2.30. The minimum atomic E-state index is -4.53. The number of nitrogens with zero attached hydrogens (tertiary/aromatic N) is 1. The molecule has 1 aliphatic heterocycles. The molecule has 5 nitrogen and oxygen atoms in total. The summed E-state index contributed by atoms with van der Waals surface area (Å²) in [5.41, 5.74) is 2.65. The molecule has 0 N–H and O–H groups in total. The number of ether oxygens (including phenoxy) is 1. The van der Waals surface area contributed by atoms with Gasteiger partial charge >= 0.3 is 6.18 Å². The van der Waals surface area contributed by atoms with Crippen LogP contribution in [0.3, 0.4) is 0 Å². The van der Waals surface area contributed by atoms with Gasteiger partial charge in [-0.2, -0.15) is 13.2 Å². The van der Waals surface area contributed by atoms with Gasteiger partial charge in [-0.3, -0.25) is 0 Å². The fraction of sp³-hybridized carbons (Fsp3) is 0.286. The lowest BCUT2D eigenvalue weighted by atomic mass is 9.87. The number of hydrogen-bond acceptors (Lipinski definition) is 5. The number of rotatable bonds is 6. The number of carbonyl (C=O) groups excluding carboxylic acids is 1. The lowest BCUT2D eigenvalue weighted by Crippen LogP contribution is -2.26. The molecular weight excluding hydrogens is 419 g/mol. The van der Waals surface area contributed by atoms with Crippen LogP contribution in [0.15, 0.2) is 48.7 Å². The van der Waals surface area contributed by atoms with Gasteiger partial charge in [0.05, 0.1) is 5.75 Å². The van der Waals surface area contributed by atoms with Gasteiger partial charge in [-0.05, 0) is 28.8 Å². The summed E-state index contributed by atoms with van der Waals surface area (Å²) in [6.45, 7) is -1.48. The third-order valence-electron chi connectivity index (χ3n) is 4.62. The molecule has 2 aromatic carbocycles. The number of sulfone groups is 1. The minimum Gasteiger partial charge on any atom is -0.483 e. The van der Waals surface area contributed by atoms with Gasteiger partial charge in [-0.15, -0.1) is 0 Å². The van der Waals surface area contributed by atoms with Crippen molar-refractivity contribution in [3.8, 4) is 5.75 Å². The Morgan fingerprint density at radius 3 is 2.47 bits per heavy atom. The van der Waals surface area contributed by atoms with E-state index >= 15 is 0 Å². The third-order valence-corrected chi connectivity index (χ3v) is 5.48. The SMILES string of the molecule is CN1C=C(c2cc(CS(C)(=O)=O)ccc2OCC(F)(F)F)c2ccccc2C1C=O. The van der Waals surface area contributed by atoms with Crippen molar-refractivity contribution >= 4 is 21.7 Å². The summed E-state index contributed by atoms with van der Waals surface area (Å²) < 4.78 is 66.7. The number of carbonyl (C=O) groups is 1. The molecule has 1 unspecified atom stereocenters. The van der Waals surface area contributed by atoms with Gasteiger partial charge in [0.15, 0.2) is 16.4 Å². The molecule has 0 saturated heterocycles. The van der Waals surface area contributed by atoms with Crippen molar-refractivity contribution in [2.75, 3.05) is 19.9 Å². The first-order chi connectivity index (χ1) is 14.0. The number of fused-ring (bicyclic) bond motifs is 1. The number of aldehydes is 1. The normalized spacial score (nSPS) is 16.6. The van der Waals surface area contributed by atoms with Crippen molar-refractivity contribution in [2.24, 2.45) is 0 Å². The summed E-state index contributed by atoms with van der Waals surface area (Å²) in [4.78, 5) is 13.2. The van der Waals surface area contributed by atoms with Gasteiger partial charge in [0.1, 0.15) is 18.1 Å². The first-order valence-corrected chi connectivity index (χ1v) is 11.0. The van der Waals surface area contributed by atoms with Crippen LogP contribution in [0.1, 0.15) is 28.3 Å². The van der Waals surface area contributed by atoms with Crippen LogP contribution in [0.25, 0.3) is 5.57 Å². The summed E-state index contributed by atoms with van der Waals surface area (Å²) in [6.07, 6.45) is -1.01. The van der Waals surface area contributed by atoms with Gasteiger partial charge in [0.2, 0.25) is 0 Å². The van der Waals surface area contributed by atoms with E-state index in [1.54, 1.807) is 42.4 Å².